The van der Waals surface area contributed by atoms with Crippen LogP contribution in [-0.4, -0.2) is 14.7 Å². The third-order valence-electron chi connectivity index (χ3n) is 3.25. The fourth-order valence-corrected chi connectivity index (χ4v) is 1.98. The van der Waals surface area contributed by atoms with Crippen LogP contribution in [0.4, 0.5) is 5.69 Å². The number of sulfonamides is 1. The first-order valence-corrected chi connectivity index (χ1v) is 7.20. The molecule has 0 amide bonds. The fraction of sp³-hybridized carbons (Fsp3) is 0.500. The lowest BCUT2D eigenvalue weighted by Gasteiger charge is -2.14. The van der Waals surface area contributed by atoms with Gasteiger partial charge in [-0.3, -0.25) is 0 Å². The van der Waals surface area contributed by atoms with Crippen molar-refractivity contribution in [1.82, 2.24) is 0 Å². The lowest BCUT2D eigenvalue weighted by Crippen LogP contribution is -1.96. The maximum atomic E-state index is 11.0. The number of rotatable bonds is 2. The highest BCUT2D eigenvalue weighted by Gasteiger charge is 2.12. The summed E-state index contributed by atoms with van der Waals surface area (Å²) in [7, 11) is -3.43. The van der Waals surface area contributed by atoms with Crippen molar-refractivity contribution >= 4 is 15.7 Å². The molecule has 0 atom stereocenters. The minimum atomic E-state index is -3.43. The Labute approximate surface area is 103 Å². The van der Waals surface area contributed by atoms with Crippen molar-refractivity contribution in [2.24, 2.45) is 9.63 Å². The molecular formula is C12H18N2O2S. The number of hydrogen-bond acceptors (Lipinski definition) is 3. The molecular weight excluding hydrogens is 236 g/mol. The summed E-state index contributed by atoms with van der Waals surface area (Å²) in [6, 6.07) is 0. The Bertz CT molecular complexity index is 558. The first kappa shape index (κ1) is 13.8. The van der Waals surface area contributed by atoms with Gasteiger partial charge in [0, 0.05) is 0 Å². The van der Waals surface area contributed by atoms with Crippen molar-refractivity contribution in [3.8, 4) is 0 Å². The summed E-state index contributed by atoms with van der Waals surface area (Å²) < 4.78 is 25.4. The van der Waals surface area contributed by atoms with E-state index in [0.717, 1.165) is 28.5 Å². The molecule has 0 bridgehead atoms. The van der Waals surface area contributed by atoms with E-state index in [0.29, 0.717) is 5.69 Å². The monoisotopic (exact) mass is 254 g/mol. The van der Waals surface area contributed by atoms with Crippen LogP contribution >= 0.6 is 0 Å². The zero-order valence-corrected chi connectivity index (χ0v) is 11.9. The predicted octanol–water partition coefficient (Wildman–Crippen LogP) is 3.27. The van der Waals surface area contributed by atoms with Gasteiger partial charge >= 0.3 is 0 Å². The summed E-state index contributed by atoms with van der Waals surface area (Å²) in [6.07, 6.45) is 1.04. The molecule has 1 aromatic rings. The van der Waals surface area contributed by atoms with E-state index in [9.17, 15) is 8.42 Å². The van der Waals surface area contributed by atoms with Crippen LogP contribution in [0.5, 0.6) is 0 Å². The molecule has 0 spiro atoms. The Kier molecular flexibility index (Phi) is 3.71. The Balaban J connectivity index is 3.51. The molecule has 0 saturated heterocycles. The zero-order valence-electron chi connectivity index (χ0n) is 11.1. The van der Waals surface area contributed by atoms with Crippen LogP contribution in [0.2, 0.25) is 0 Å². The predicted molar refractivity (Wildman–Crippen MR) is 69.5 cm³/mol. The topological polar surface area (TPSA) is 58.9 Å². The minimum absolute atomic E-state index is 0.663. The standard InChI is InChI=1S/C12H18N2O2S/c1-7-8(2)10(4)12(11(5)9(7)3)13-14-17(6,15)16/h1-6H3. The lowest BCUT2D eigenvalue weighted by molar-refractivity contribution is 0.601. The van der Waals surface area contributed by atoms with E-state index in [1.165, 1.54) is 5.56 Å². The van der Waals surface area contributed by atoms with E-state index in [2.05, 4.69) is 16.6 Å². The van der Waals surface area contributed by atoms with Gasteiger partial charge in [-0.1, -0.05) is 4.52 Å². The third-order valence-corrected chi connectivity index (χ3v) is 3.63. The molecule has 0 heterocycles. The van der Waals surface area contributed by atoms with Crippen molar-refractivity contribution in [2.75, 3.05) is 6.26 Å². The summed E-state index contributed by atoms with van der Waals surface area (Å²) in [5.74, 6) is 0. The largest absolute Gasteiger partial charge is 0.267 e. The van der Waals surface area contributed by atoms with Crippen LogP contribution in [0.15, 0.2) is 9.63 Å². The minimum Gasteiger partial charge on any atom is -0.203 e. The Morgan fingerprint density at radius 1 is 0.765 bits per heavy atom. The van der Waals surface area contributed by atoms with Gasteiger partial charge in [-0.2, -0.15) is 0 Å². The molecule has 94 valence electrons. The fourth-order valence-electron chi connectivity index (χ4n) is 1.75. The first-order chi connectivity index (χ1) is 7.65. The first-order valence-electron chi connectivity index (χ1n) is 5.35. The molecule has 0 radical (unpaired) electrons. The van der Waals surface area contributed by atoms with E-state index in [1.807, 2.05) is 27.7 Å². The van der Waals surface area contributed by atoms with Gasteiger partial charge in [-0.15, -0.1) is 5.11 Å². The molecule has 17 heavy (non-hydrogen) atoms. The molecule has 0 aromatic heterocycles. The van der Waals surface area contributed by atoms with Gasteiger partial charge in [-0.25, -0.2) is 8.42 Å². The van der Waals surface area contributed by atoms with Gasteiger partial charge in [0.2, 0.25) is 0 Å². The quantitative estimate of drug-likeness (QED) is 0.760. The molecule has 1 aromatic carbocycles. The molecule has 0 aliphatic rings. The molecule has 5 heteroatoms. The maximum absolute atomic E-state index is 11.0. The summed E-state index contributed by atoms with van der Waals surface area (Å²) in [5.41, 5.74) is 6.12. The van der Waals surface area contributed by atoms with Crippen LogP contribution in [0.3, 0.4) is 0 Å². The third kappa shape index (κ3) is 2.91. The van der Waals surface area contributed by atoms with E-state index in [-0.39, 0.29) is 0 Å². The molecule has 0 aliphatic carbocycles. The highest BCUT2D eigenvalue weighted by atomic mass is 32.2. The van der Waals surface area contributed by atoms with Crippen molar-refractivity contribution in [2.45, 2.75) is 34.6 Å². The number of nitrogens with zero attached hydrogens (tertiary/aromatic N) is 2. The smallest absolute Gasteiger partial charge is 0.203 e. The number of hydrogen-bond donors (Lipinski definition) is 0. The second kappa shape index (κ2) is 4.56. The van der Waals surface area contributed by atoms with Gasteiger partial charge in [-0.05, 0) is 62.4 Å². The van der Waals surface area contributed by atoms with E-state index in [4.69, 9.17) is 0 Å². The van der Waals surface area contributed by atoms with E-state index in [1.54, 1.807) is 0 Å². The lowest BCUT2D eigenvalue weighted by atomic mass is 9.93. The summed E-state index contributed by atoms with van der Waals surface area (Å²) in [5, 5.41) is 3.88. The molecule has 4 nitrogen and oxygen atoms in total. The highest BCUT2D eigenvalue weighted by Crippen LogP contribution is 2.32. The van der Waals surface area contributed by atoms with Crippen LogP contribution in [0.25, 0.3) is 0 Å². The van der Waals surface area contributed by atoms with E-state index >= 15 is 0 Å². The average molecular weight is 254 g/mol. The van der Waals surface area contributed by atoms with Gasteiger partial charge in [0.1, 0.15) is 0 Å². The highest BCUT2D eigenvalue weighted by molar-refractivity contribution is 7.89. The molecule has 1 rings (SSSR count). The normalized spacial score (nSPS) is 12.4. The molecule has 0 unspecified atom stereocenters. The summed E-state index contributed by atoms with van der Waals surface area (Å²) in [6.45, 7) is 9.95. The van der Waals surface area contributed by atoms with Gasteiger partial charge in [0.05, 0.1) is 11.9 Å². The Morgan fingerprint density at radius 2 is 1.12 bits per heavy atom. The van der Waals surface area contributed by atoms with Crippen LogP contribution in [0.1, 0.15) is 27.8 Å². The average Bonchev–Trinajstić information content (AvgIpc) is 2.22. The van der Waals surface area contributed by atoms with Gasteiger partial charge < -0.3 is 0 Å². The van der Waals surface area contributed by atoms with Crippen molar-refractivity contribution in [1.29, 1.82) is 0 Å². The Hall–Kier alpha value is -1.23. The van der Waals surface area contributed by atoms with Crippen LogP contribution in [0, 0.1) is 34.6 Å². The van der Waals surface area contributed by atoms with Gasteiger partial charge in [0.15, 0.2) is 0 Å². The van der Waals surface area contributed by atoms with Crippen molar-refractivity contribution in [3.05, 3.63) is 27.8 Å². The molecule has 0 aliphatic heterocycles. The van der Waals surface area contributed by atoms with Crippen molar-refractivity contribution in [3.63, 3.8) is 0 Å². The summed E-state index contributed by atoms with van der Waals surface area (Å²) in [4.78, 5) is 0. The van der Waals surface area contributed by atoms with Gasteiger partial charge in [0.25, 0.3) is 10.0 Å². The van der Waals surface area contributed by atoms with Crippen LogP contribution < -0.4 is 0 Å². The molecule has 0 N–H and O–H groups in total. The Morgan fingerprint density at radius 3 is 1.47 bits per heavy atom. The van der Waals surface area contributed by atoms with E-state index < -0.39 is 10.0 Å². The van der Waals surface area contributed by atoms with Crippen LogP contribution in [-0.2, 0) is 10.0 Å². The molecule has 0 saturated carbocycles. The molecule has 0 fully saturated rings. The maximum Gasteiger partial charge on any atom is 0.267 e. The second-order valence-electron chi connectivity index (χ2n) is 4.39. The summed E-state index contributed by atoms with van der Waals surface area (Å²) >= 11 is 0. The SMILES string of the molecule is Cc1c(C)c(C)c(N=NS(C)(=O)=O)c(C)c1C. The second-order valence-corrected chi connectivity index (χ2v) is 6.02. The zero-order chi connectivity index (χ0) is 13.4. The number of benzene rings is 1. The van der Waals surface area contributed by atoms with Crippen molar-refractivity contribution < 1.29 is 8.42 Å².